The quantitative estimate of drug-likeness (QED) is 0.559. The Balaban J connectivity index is 0.000000283. The van der Waals surface area contributed by atoms with Gasteiger partial charge in [0.15, 0.2) is 0 Å². The number of pyridine rings is 1. The highest BCUT2D eigenvalue weighted by Crippen LogP contribution is 1.99. The van der Waals surface area contributed by atoms with E-state index in [-0.39, 0.29) is 5.82 Å². The lowest BCUT2D eigenvalue weighted by atomic mass is 10.2. The van der Waals surface area contributed by atoms with Crippen LogP contribution in [0, 0.1) is 19.7 Å². The summed E-state index contributed by atoms with van der Waals surface area (Å²) in [5, 5.41) is 8.73. The van der Waals surface area contributed by atoms with Gasteiger partial charge in [0.25, 0.3) is 0 Å². The van der Waals surface area contributed by atoms with Crippen LogP contribution in [0.2, 0.25) is 0 Å². The molecule has 2 rings (SSSR count). The van der Waals surface area contributed by atoms with E-state index in [9.17, 15) is 4.39 Å². The Kier molecular flexibility index (Phi) is 8.20. The van der Waals surface area contributed by atoms with Crippen molar-refractivity contribution < 1.29 is 14.3 Å². The monoisotopic (exact) mass is 250 g/mol. The Hall–Kier alpha value is -1.90. The molecule has 0 radical (unpaired) electrons. The third-order valence-electron chi connectivity index (χ3n) is 1.91. The van der Waals surface area contributed by atoms with Crippen LogP contribution in [0.1, 0.15) is 25.0 Å². The van der Waals surface area contributed by atoms with Gasteiger partial charge in [-0.2, -0.15) is 0 Å². The fourth-order valence-electron chi connectivity index (χ4n) is 1.18. The van der Waals surface area contributed by atoms with E-state index in [1.165, 1.54) is 12.1 Å². The highest BCUT2D eigenvalue weighted by molar-refractivity contribution is 5.13. The van der Waals surface area contributed by atoms with Gasteiger partial charge in [0.05, 0.1) is 0 Å². The molecule has 1 N–H and O–H groups in total. The molecule has 1 heterocycles. The van der Waals surface area contributed by atoms with E-state index in [1.807, 2.05) is 39.8 Å². The molecule has 0 fully saturated rings. The molecule has 2 aromatic rings. The Bertz CT molecular complexity index is 380. The molecule has 0 bridgehead atoms. The second-order valence-corrected chi connectivity index (χ2v) is 3.56. The zero-order chi connectivity index (χ0) is 14.0. The summed E-state index contributed by atoms with van der Waals surface area (Å²) in [6.45, 7) is 7.79. The molecular formula is C15H21FNO+. The predicted molar refractivity (Wildman–Crippen MR) is 71.0 cm³/mol. The van der Waals surface area contributed by atoms with Crippen LogP contribution in [-0.2, 0) is 0 Å². The minimum Gasteiger partial charge on any atom is -0.285 e. The summed E-state index contributed by atoms with van der Waals surface area (Å²) in [6.07, 6.45) is 3.22. The molecule has 0 aliphatic heterocycles. The van der Waals surface area contributed by atoms with E-state index < -0.39 is 0 Å². The molecule has 3 heteroatoms. The lowest BCUT2D eigenvalue weighted by molar-refractivity contribution is -0.905. The molecule has 0 aliphatic carbocycles. The molecule has 0 amide bonds. The maximum absolute atomic E-state index is 12.2. The maximum atomic E-state index is 12.2. The van der Waals surface area contributed by atoms with E-state index in [0.29, 0.717) is 0 Å². The molecule has 0 atom stereocenters. The topological polar surface area (TPSA) is 24.1 Å². The molecule has 0 spiro atoms. The summed E-state index contributed by atoms with van der Waals surface area (Å²) in [4.78, 5) is 0. The van der Waals surface area contributed by atoms with Crippen LogP contribution in [0.4, 0.5) is 4.39 Å². The molecule has 0 saturated carbocycles. The SMILES string of the molecule is CC.Cc1ccc[n+](O)c1.Cc1cccc(F)c1. The van der Waals surface area contributed by atoms with Crippen molar-refractivity contribution in [2.75, 3.05) is 0 Å². The zero-order valence-electron chi connectivity index (χ0n) is 11.4. The minimum absolute atomic E-state index is 0.162. The van der Waals surface area contributed by atoms with Gasteiger partial charge in [-0.1, -0.05) is 26.0 Å². The summed E-state index contributed by atoms with van der Waals surface area (Å²) < 4.78 is 13.2. The van der Waals surface area contributed by atoms with Crippen LogP contribution < -0.4 is 4.73 Å². The highest BCUT2D eigenvalue weighted by Gasteiger charge is 1.91. The lowest BCUT2D eigenvalue weighted by Crippen LogP contribution is -2.28. The first kappa shape index (κ1) is 16.1. The van der Waals surface area contributed by atoms with Crippen LogP contribution in [0.3, 0.4) is 0 Å². The first-order chi connectivity index (χ1) is 8.58. The fourth-order valence-corrected chi connectivity index (χ4v) is 1.18. The third kappa shape index (κ3) is 7.39. The molecule has 0 unspecified atom stereocenters. The molecule has 0 saturated heterocycles. The van der Waals surface area contributed by atoms with E-state index in [2.05, 4.69) is 0 Å². The van der Waals surface area contributed by atoms with Gasteiger partial charge < -0.3 is 0 Å². The predicted octanol–water partition coefficient (Wildman–Crippen LogP) is 3.68. The lowest BCUT2D eigenvalue weighted by Gasteiger charge is -1.87. The van der Waals surface area contributed by atoms with Gasteiger partial charge in [-0.05, 0) is 37.6 Å². The van der Waals surface area contributed by atoms with Gasteiger partial charge in [-0.15, -0.1) is 0 Å². The molecule has 1 aromatic heterocycles. The number of halogens is 1. The number of nitrogens with zero attached hydrogens (tertiary/aromatic N) is 1. The van der Waals surface area contributed by atoms with Crippen molar-refractivity contribution in [3.63, 3.8) is 0 Å². The molecule has 18 heavy (non-hydrogen) atoms. The number of aromatic nitrogens is 1. The standard InChI is InChI=1S/C7H7F.C6H8NO.C2H6/c2*1-6-3-2-4-7(8)5-6;1-2/h2-5H,1H3;2-5,8H,1H3;1-2H3/q;+1;. The number of hydrogen-bond acceptors (Lipinski definition) is 1. The van der Waals surface area contributed by atoms with Crippen molar-refractivity contribution in [3.8, 4) is 0 Å². The number of rotatable bonds is 0. The summed E-state index contributed by atoms with van der Waals surface area (Å²) in [5.41, 5.74) is 2.01. The summed E-state index contributed by atoms with van der Waals surface area (Å²) in [6, 6.07) is 10.2. The van der Waals surface area contributed by atoms with Gasteiger partial charge in [-0.25, -0.2) is 4.39 Å². The first-order valence-electron chi connectivity index (χ1n) is 5.97. The van der Waals surface area contributed by atoms with Gasteiger partial charge in [0, 0.05) is 16.4 Å². The Morgan fingerprint density at radius 1 is 1.00 bits per heavy atom. The van der Waals surface area contributed by atoms with Crippen LogP contribution in [0.15, 0.2) is 48.8 Å². The van der Waals surface area contributed by atoms with E-state index in [4.69, 9.17) is 5.21 Å². The zero-order valence-corrected chi connectivity index (χ0v) is 11.4. The van der Waals surface area contributed by atoms with Gasteiger partial charge in [-0.3, -0.25) is 5.21 Å². The van der Waals surface area contributed by atoms with Crippen molar-refractivity contribution in [1.82, 2.24) is 0 Å². The average molecular weight is 250 g/mol. The van der Waals surface area contributed by atoms with Crippen LogP contribution >= 0.6 is 0 Å². The van der Waals surface area contributed by atoms with Gasteiger partial charge in [0.1, 0.15) is 5.82 Å². The second-order valence-electron chi connectivity index (χ2n) is 3.56. The first-order valence-corrected chi connectivity index (χ1v) is 5.97. The Morgan fingerprint density at radius 2 is 1.61 bits per heavy atom. The summed E-state index contributed by atoms with van der Waals surface area (Å²) in [5.74, 6) is -0.162. The highest BCUT2D eigenvalue weighted by atomic mass is 19.1. The number of hydrogen-bond donors (Lipinski definition) is 1. The molecular weight excluding hydrogens is 229 g/mol. The van der Waals surface area contributed by atoms with Crippen molar-refractivity contribution >= 4 is 0 Å². The fraction of sp³-hybridized carbons (Fsp3) is 0.267. The third-order valence-corrected chi connectivity index (χ3v) is 1.91. The number of benzene rings is 1. The van der Waals surface area contributed by atoms with Gasteiger partial charge in [0.2, 0.25) is 12.4 Å². The van der Waals surface area contributed by atoms with Crippen molar-refractivity contribution in [3.05, 3.63) is 65.7 Å². The second kappa shape index (κ2) is 9.16. The van der Waals surface area contributed by atoms with Crippen LogP contribution in [-0.4, -0.2) is 5.21 Å². The normalized spacial score (nSPS) is 8.50. The van der Waals surface area contributed by atoms with Crippen molar-refractivity contribution in [2.45, 2.75) is 27.7 Å². The van der Waals surface area contributed by atoms with E-state index in [0.717, 1.165) is 15.9 Å². The van der Waals surface area contributed by atoms with Crippen molar-refractivity contribution in [1.29, 1.82) is 0 Å². The van der Waals surface area contributed by atoms with Crippen molar-refractivity contribution in [2.24, 2.45) is 0 Å². The van der Waals surface area contributed by atoms with E-state index in [1.54, 1.807) is 24.5 Å². The minimum atomic E-state index is -0.162. The molecule has 1 aromatic carbocycles. The largest absolute Gasteiger partial charge is 0.285 e. The average Bonchev–Trinajstić information content (AvgIpc) is 2.31. The van der Waals surface area contributed by atoms with Crippen LogP contribution in [0.5, 0.6) is 0 Å². The van der Waals surface area contributed by atoms with Gasteiger partial charge >= 0.3 is 0 Å². The number of aryl methyl sites for hydroxylation is 2. The van der Waals surface area contributed by atoms with Crippen LogP contribution in [0.25, 0.3) is 0 Å². The summed E-state index contributed by atoms with van der Waals surface area (Å²) >= 11 is 0. The Morgan fingerprint density at radius 3 is 1.94 bits per heavy atom. The molecule has 98 valence electrons. The van der Waals surface area contributed by atoms with E-state index >= 15 is 0 Å². The Labute approximate surface area is 108 Å². The molecule has 0 aliphatic rings. The summed E-state index contributed by atoms with van der Waals surface area (Å²) in [7, 11) is 0. The maximum Gasteiger partial charge on any atom is 0.225 e. The smallest absolute Gasteiger partial charge is 0.225 e. The molecule has 2 nitrogen and oxygen atoms in total.